The fourth-order valence-electron chi connectivity index (χ4n) is 4.10. The monoisotopic (exact) mass is 511 g/mol. The van der Waals surface area contributed by atoms with E-state index in [1.54, 1.807) is 6.92 Å². The molecule has 1 aliphatic heterocycles. The number of hydrogen-bond acceptors (Lipinski definition) is 7. The van der Waals surface area contributed by atoms with Gasteiger partial charge in [0.05, 0.1) is 17.9 Å². The van der Waals surface area contributed by atoms with Crippen LogP contribution in [0, 0.1) is 12.7 Å². The van der Waals surface area contributed by atoms with E-state index in [0.717, 1.165) is 50.9 Å². The molecule has 3 aromatic rings. The van der Waals surface area contributed by atoms with Crippen LogP contribution < -0.4 is 16.0 Å². The normalized spacial score (nSPS) is 14.9. The van der Waals surface area contributed by atoms with Crippen molar-refractivity contribution >= 4 is 23.3 Å². The summed E-state index contributed by atoms with van der Waals surface area (Å²) in [5.74, 6) is 0.339. The first-order valence-corrected chi connectivity index (χ1v) is 12.5. The molecule has 1 aromatic carbocycles. The molecule has 1 saturated heterocycles. The van der Waals surface area contributed by atoms with Gasteiger partial charge < -0.3 is 20.9 Å². The number of halogens is 2. The predicted octanol–water partition coefficient (Wildman–Crippen LogP) is 3.59. The average molecular weight is 512 g/mol. The highest BCUT2D eigenvalue weighted by Gasteiger charge is 2.18. The topological polar surface area (TPSA) is 95.1 Å². The van der Waals surface area contributed by atoms with Crippen LogP contribution in [0.4, 0.5) is 10.2 Å². The van der Waals surface area contributed by atoms with Crippen molar-refractivity contribution in [3.05, 3.63) is 70.8 Å². The second kappa shape index (κ2) is 12.7. The first-order chi connectivity index (χ1) is 17.5. The summed E-state index contributed by atoms with van der Waals surface area (Å²) >= 11 is 6.49. The number of anilines is 1. The molecule has 8 nitrogen and oxygen atoms in total. The van der Waals surface area contributed by atoms with E-state index in [0.29, 0.717) is 41.0 Å². The number of nitrogens with one attached hydrogen (secondary N) is 3. The van der Waals surface area contributed by atoms with Gasteiger partial charge in [-0.2, -0.15) is 0 Å². The lowest BCUT2D eigenvalue weighted by Crippen LogP contribution is -2.44. The summed E-state index contributed by atoms with van der Waals surface area (Å²) in [6, 6.07) is 12.3. The quantitative estimate of drug-likeness (QED) is 0.383. The summed E-state index contributed by atoms with van der Waals surface area (Å²) in [5, 5.41) is 10.2. The van der Waals surface area contributed by atoms with Crippen molar-refractivity contribution in [2.24, 2.45) is 0 Å². The lowest BCUT2D eigenvalue weighted by molar-refractivity contribution is -0.121. The summed E-state index contributed by atoms with van der Waals surface area (Å²) in [6.07, 6.45) is 2.39. The van der Waals surface area contributed by atoms with Crippen molar-refractivity contribution in [1.82, 2.24) is 30.5 Å². The number of rotatable bonds is 10. The number of carbonyl (C=O) groups excluding carboxylic acids is 1. The Morgan fingerprint density at radius 3 is 2.67 bits per heavy atom. The lowest BCUT2D eigenvalue weighted by Gasteiger charge is -2.27. The minimum Gasteiger partial charge on any atom is -0.366 e. The summed E-state index contributed by atoms with van der Waals surface area (Å²) < 4.78 is 13.3. The minimum atomic E-state index is -0.433. The van der Waals surface area contributed by atoms with E-state index in [1.165, 1.54) is 12.1 Å². The molecule has 0 spiro atoms. The van der Waals surface area contributed by atoms with Crippen LogP contribution in [-0.2, 0) is 4.79 Å². The van der Waals surface area contributed by atoms with E-state index < -0.39 is 5.82 Å². The molecule has 2 aromatic heterocycles. The average Bonchev–Trinajstić information content (AvgIpc) is 2.90. The molecule has 3 heterocycles. The van der Waals surface area contributed by atoms with Crippen molar-refractivity contribution in [1.29, 1.82) is 0 Å². The molecule has 1 aliphatic rings. The zero-order valence-electron chi connectivity index (χ0n) is 20.3. The number of nitrogens with zero attached hydrogens (tertiary/aromatic N) is 4. The van der Waals surface area contributed by atoms with Crippen LogP contribution in [0.5, 0.6) is 0 Å². The van der Waals surface area contributed by atoms with Crippen LogP contribution >= 0.6 is 11.6 Å². The summed E-state index contributed by atoms with van der Waals surface area (Å²) in [5.41, 5.74) is 1.99. The third-order valence-corrected chi connectivity index (χ3v) is 6.52. The Hall–Kier alpha value is -3.14. The van der Waals surface area contributed by atoms with E-state index >= 15 is 0 Å². The van der Waals surface area contributed by atoms with Gasteiger partial charge in [-0.15, -0.1) is 0 Å². The van der Waals surface area contributed by atoms with E-state index in [4.69, 9.17) is 11.6 Å². The van der Waals surface area contributed by atoms with Crippen molar-refractivity contribution in [3.8, 4) is 11.5 Å². The SMILES string of the molecule is Cc1nc(-c2ccc(F)cn2)nc(NC[C@H](NC(=O)CCCN2CCNCC2)c2ccccc2)c1Cl. The third kappa shape index (κ3) is 7.19. The van der Waals surface area contributed by atoms with Gasteiger partial charge in [-0.25, -0.2) is 19.3 Å². The first-order valence-electron chi connectivity index (χ1n) is 12.2. The number of aryl methyl sites for hydroxylation is 1. The molecule has 4 rings (SSSR count). The number of carbonyl (C=O) groups is 1. The second-order valence-corrected chi connectivity index (χ2v) is 9.14. The van der Waals surface area contributed by atoms with Crippen molar-refractivity contribution in [3.63, 3.8) is 0 Å². The molecule has 0 saturated carbocycles. The smallest absolute Gasteiger partial charge is 0.220 e. The van der Waals surface area contributed by atoms with Crippen LogP contribution in [-0.4, -0.2) is 65.0 Å². The van der Waals surface area contributed by atoms with E-state index in [-0.39, 0.29) is 11.9 Å². The molecule has 190 valence electrons. The highest BCUT2D eigenvalue weighted by Crippen LogP contribution is 2.26. The molecule has 36 heavy (non-hydrogen) atoms. The molecule has 0 unspecified atom stereocenters. The third-order valence-electron chi connectivity index (χ3n) is 6.07. The molecule has 0 radical (unpaired) electrons. The molecule has 3 N–H and O–H groups in total. The van der Waals surface area contributed by atoms with E-state index in [9.17, 15) is 9.18 Å². The minimum absolute atomic E-state index is 0.00181. The first kappa shape index (κ1) is 25.9. The van der Waals surface area contributed by atoms with Gasteiger partial charge in [0, 0.05) is 39.1 Å². The number of pyridine rings is 1. The predicted molar refractivity (Wildman–Crippen MR) is 139 cm³/mol. The molecule has 10 heteroatoms. The Kier molecular flexibility index (Phi) is 9.16. The number of aromatic nitrogens is 3. The molecule has 1 fully saturated rings. The fraction of sp³-hybridized carbons (Fsp3) is 0.385. The Bertz CT molecular complexity index is 1140. The number of amides is 1. The highest BCUT2D eigenvalue weighted by atomic mass is 35.5. The zero-order chi connectivity index (χ0) is 25.3. The Labute approximate surface area is 215 Å². The summed E-state index contributed by atoms with van der Waals surface area (Å²) in [7, 11) is 0. The molecule has 0 aliphatic carbocycles. The Morgan fingerprint density at radius 2 is 1.94 bits per heavy atom. The van der Waals surface area contributed by atoms with E-state index in [2.05, 4.69) is 35.8 Å². The maximum atomic E-state index is 13.3. The maximum Gasteiger partial charge on any atom is 0.220 e. The number of benzene rings is 1. The fourth-order valence-corrected chi connectivity index (χ4v) is 4.25. The summed E-state index contributed by atoms with van der Waals surface area (Å²) in [6.45, 7) is 7.10. The van der Waals surface area contributed by atoms with Crippen molar-refractivity contribution in [2.45, 2.75) is 25.8 Å². The van der Waals surface area contributed by atoms with Crippen LogP contribution in [0.2, 0.25) is 5.02 Å². The van der Waals surface area contributed by atoms with Gasteiger partial charge in [-0.05, 0) is 37.6 Å². The van der Waals surface area contributed by atoms with Gasteiger partial charge in [0.15, 0.2) is 5.82 Å². The van der Waals surface area contributed by atoms with Crippen LogP contribution in [0.3, 0.4) is 0 Å². The summed E-state index contributed by atoms with van der Waals surface area (Å²) in [4.78, 5) is 28.2. The molecular weight excluding hydrogens is 481 g/mol. The van der Waals surface area contributed by atoms with Gasteiger partial charge in [-0.1, -0.05) is 41.9 Å². The van der Waals surface area contributed by atoms with Crippen LogP contribution in [0.15, 0.2) is 48.7 Å². The lowest BCUT2D eigenvalue weighted by atomic mass is 10.1. The van der Waals surface area contributed by atoms with Gasteiger partial charge >= 0.3 is 0 Å². The van der Waals surface area contributed by atoms with Gasteiger partial charge in [0.25, 0.3) is 0 Å². The van der Waals surface area contributed by atoms with Crippen molar-refractivity contribution in [2.75, 3.05) is 44.6 Å². The molecular formula is C26H31ClFN7O. The number of hydrogen-bond donors (Lipinski definition) is 3. The van der Waals surface area contributed by atoms with Crippen LogP contribution in [0.1, 0.15) is 30.1 Å². The molecule has 0 bridgehead atoms. The highest BCUT2D eigenvalue weighted by molar-refractivity contribution is 6.33. The molecule has 1 amide bonds. The van der Waals surface area contributed by atoms with Gasteiger partial charge in [0.2, 0.25) is 5.91 Å². The second-order valence-electron chi connectivity index (χ2n) is 8.76. The zero-order valence-corrected chi connectivity index (χ0v) is 21.1. The van der Waals surface area contributed by atoms with Crippen LogP contribution in [0.25, 0.3) is 11.5 Å². The van der Waals surface area contributed by atoms with Gasteiger partial charge in [-0.3, -0.25) is 4.79 Å². The number of piperazine rings is 1. The standard InChI is InChI=1S/C26H31ClFN7O/c1-18-24(27)26(34-25(32-18)21-10-9-20(28)16-30-21)31-17-22(19-6-3-2-4-7-19)33-23(36)8-5-13-35-14-11-29-12-15-35/h2-4,6-7,9-10,16,22,29H,5,8,11-15,17H2,1H3,(H,33,36)(H,31,32,34)/t22-/m0/s1. The van der Waals surface area contributed by atoms with E-state index in [1.807, 2.05) is 30.3 Å². The Balaban J connectivity index is 1.42. The molecule has 1 atom stereocenters. The van der Waals surface area contributed by atoms with Gasteiger partial charge in [0.1, 0.15) is 22.4 Å². The maximum absolute atomic E-state index is 13.3. The largest absolute Gasteiger partial charge is 0.366 e. The Morgan fingerprint density at radius 1 is 1.17 bits per heavy atom. The van der Waals surface area contributed by atoms with Crippen molar-refractivity contribution < 1.29 is 9.18 Å².